The average molecular weight is 285 g/mol. The summed E-state index contributed by atoms with van der Waals surface area (Å²) in [6.45, 7) is 14.4. The topological polar surface area (TPSA) is 49.8 Å². The number of carbonyl (C=O) groups excluding carboxylic acids is 1. The monoisotopic (exact) mass is 285 g/mol. The fraction of sp³-hybridized carbons (Fsp3) is 0.812. The Morgan fingerprint density at radius 3 is 2.20 bits per heavy atom. The molecule has 4 nitrogen and oxygen atoms in total. The second-order valence-corrected chi connectivity index (χ2v) is 6.57. The van der Waals surface area contributed by atoms with E-state index in [-0.39, 0.29) is 29.4 Å². The molecule has 0 heterocycles. The van der Waals surface area contributed by atoms with Crippen LogP contribution in [0.5, 0.6) is 0 Å². The number of rotatable bonds is 9. The molecule has 118 valence electrons. The van der Waals surface area contributed by atoms with Crippen molar-refractivity contribution in [1.29, 1.82) is 0 Å². The summed E-state index contributed by atoms with van der Waals surface area (Å²) in [6.07, 6.45) is 2.48. The van der Waals surface area contributed by atoms with Gasteiger partial charge in [-0.05, 0) is 47.6 Å². The minimum atomic E-state index is -0.220. The molecule has 0 saturated carbocycles. The molecule has 0 rings (SSSR count). The maximum atomic E-state index is 11.7. The first-order valence-corrected chi connectivity index (χ1v) is 7.29. The van der Waals surface area contributed by atoms with Gasteiger partial charge in [0.2, 0.25) is 0 Å². The lowest BCUT2D eigenvalue weighted by Crippen LogP contribution is -2.53. The zero-order valence-corrected chi connectivity index (χ0v) is 14.0. The summed E-state index contributed by atoms with van der Waals surface area (Å²) < 4.78 is 5.06. The first kappa shape index (κ1) is 19.0. The van der Waals surface area contributed by atoms with Crippen LogP contribution in [0.3, 0.4) is 0 Å². The minimum absolute atomic E-state index is 0.0440. The third-order valence-corrected chi connectivity index (χ3v) is 4.28. The van der Waals surface area contributed by atoms with E-state index < -0.39 is 0 Å². The summed E-state index contributed by atoms with van der Waals surface area (Å²) in [6, 6.07) is 0. The Labute approximate surface area is 123 Å². The van der Waals surface area contributed by atoms with Gasteiger partial charge in [0.1, 0.15) is 0 Å². The van der Waals surface area contributed by atoms with Crippen molar-refractivity contribution in [2.45, 2.75) is 71.4 Å². The molecule has 0 amide bonds. The number of ether oxygens (including phenoxy) is 1. The summed E-state index contributed by atoms with van der Waals surface area (Å²) in [5.74, 6) is -0.176. The molecule has 0 aromatic carbocycles. The van der Waals surface area contributed by atoms with Crippen LogP contribution in [0.15, 0.2) is 12.3 Å². The fourth-order valence-corrected chi connectivity index (χ4v) is 1.99. The van der Waals surface area contributed by atoms with Crippen molar-refractivity contribution in [1.82, 2.24) is 4.90 Å². The predicted octanol–water partition coefficient (Wildman–Crippen LogP) is 3.67. The van der Waals surface area contributed by atoms with Crippen LogP contribution < -0.4 is 0 Å². The van der Waals surface area contributed by atoms with Gasteiger partial charge in [0, 0.05) is 23.9 Å². The molecule has 0 bridgehead atoms. The van der Waals surface area contributed by atoms with Crippen LogP contribution in [-0.4, -0.2) is 40.7 Å². The number of carbonyl (C=O) groups is 1. The second kappa shape index (κ2) is 7.67. The molecule has 4 heteroatoms. The van der Waals surface area contributed by atoms with Crippen molar-refractivity contribution in [3.05, 3.63) is 12.3 Å². The summed E-state index contributed by atoms with van der Waals surface area (Å²) in [7, 11) is 2.10. The highest BCUT2D eigenvalue weighted by Gasteiger charge is 2.33. The number of hydrogen-bond acceptors (Lipinski definition) is 4. The molecule has 0 spiro atoms. The Hall–Kier alpha value is -1.03. The van der Waals surface area contributed by atoms with Crippen molar-refractivity contribution in [3.8, 4) is 0 Å². The second-order valence-electron chi connectivity index (χ2n) is 6.57. The molecule has 0 aromatic heterocycles. The van der Waals surface area contributed by atoms with Gasteiger partial charge in [-0.25, -0.2) is 0 Å². The van der Waals surface area contributed by atoms with E-state index in [4.69, 9.17) is 9.84 Å². The van der Waals surface area contributed by atoms with Crippen molar-refractivity contribution >= 4 is 5.97 Å². The van der Waals surface area contributed by atoms with Crippen molar-refractivity contribution in [2.75, 3.05) is 13.7 Å². The van der Waals surface area contributed by atoms with Gasteiger partial charge in [-0.15, -0.1) is 0 Å². The van der Waals surface area contributed by atoms with Crippen LogP contribution in [0, 0.1) is 0 Å². The lowest BCUT2D eigenvalue weighted by atomic mass is 9.89. The van der Waals surface area contributed by atoms with E-state index >= 15 is 0 Å². The van der Waals surface area contributed by atoms with E-state index in [9.17, 15) is 4.79 Å². The molecule has 0 aliphatic heterocycles. The van der Waals surface area contributed by atoms with E-state index in [1.807, 2.05) is 0 Å². The van der Waals surface area contributed by atoms with Crippen LogP contribution in [0.25, 0.3) is 0 Å². The zero-order chi connectivity index (χ0) is 16.0. The summed E-state index contributed by atoms with van der Waals surface area (Å²) >= 11 is 0. The fourth-order valence-electron chi connectivity index (χ4n) is 1.99. The first-order valence-electron chi connectivity index (χ1n) is 7.29. The molecule has 0 fully saturated rings. The van der Waals surface area contributed by atoms with E-state index in [1.165, 1.54) is 0 Å². The van der Waals surface area contributed by atoms with E-state index in [0.717, 1.165) is 12.8 Å². The number of aliphatic hydroxyl groups is 1. The van der Waals surface area contributed by atoms with Crippen molar-refractivity contribution in [2.24, 2.45) is 0 Å². The van der Waals surface area contributed by atoms with Crippen LogP contribution in [0.2, 0.25) is 0 Å². The Kier molecular flexibility index (Phi) is 7.28. The SMILES string of the molecule is C=C(O)CCOC(=O)CCC(C)(C)N(C)C(C)(C)CC. The van der Waals surface area contributed by atoms with Gasteiger partial charge < -0.3 is 9.84 Å². The smallest absolute Gasteiger partial charge is 0.305 e. The van der Waals surface area contributed by atoms with Gasteiger partial charge >= 0.3 is 5.97 Å². The molecule has 0 saturated heterocycles. The minimum Gasteiger partial charge on any atom is -0.513 e. The molecular formula is C16H31NO3. The Bertz CT molecular complexity index is 335. The molecule has 20 heavy (non-hydrogen) atoms. The highest BCUT2D eigenvalue weighted by molar-refractivity contribution is 5.69. The molecule has 0 aromatic rings. The zero-order valence-electron chi connectivity index (χ0n) is 14.0. The molecule has 0 radical (unpaired) electrons. The Morgan fingerprint density at radius 2 is 1.75 bits per heavy atom. The highest BCUT2D eigenvalue weighted by atomic mass is 16.5. The largest absolute Gasteiger partial charge is 0.513 e. The quantitative estimate of drug-likeness (QED) is 0.519. The summed E-state index contributed by atoms with van der Waals surface area (Å²) in [4.78, 5) is 14.0. The summed E-state index contributed by atoms with van der Waals surface area (Å²) in [5.41, 5.74) is 0.0289. The number of aliphatic hydroxyl groups excluding tert-OH is 1. The third-order valence-electron chi connectivity index (χ3n) is 4.28. The van der Waals surface area contributed by atoms with Gasteiger partial charge in [-0.3, -0.25) is 9.69 Å². The number of nitrogens with zero attached hydrogens (tertiary/aromatic N) is 1. The molecule has 0 aliphatic carbocycles. The van der Waals surface area contributed by atoms with Gasteiger partial charge in [-0.1, -0.05) is 13.5 Å². The van der Waals surface area contributed by atoms with Crippen LogP contribution in [0.4, 0.5) is 0 Å². The maximum absolute atomic E-state index is 11.7. The Morgan fingerprint density at radius 1 is 1.20 bits per heavy atom. The molecule has 0 atom stereocenters. The number of esters is 1. The average Bonchev–Trinajstić information content (AvgIpc) is 2.35. The molecule has 0 unspecified atom stereocenters. The van der Waals surface area contributed by atoms with Crippen molar-refractivity contribution < 1.29 is 14.6 Å². The molecule has 1 N–H and O–H groups in total. The number of hydrogen-bond donors (Lipinski definition) is 1. The molecule has 0 aliphatic rings. The lowest BCUT2D eigenvalue weighted by molar-refractivity contribution is -0.144. The normalized spacial score (nSPS) is 12.6. The van der Waals surface area contributed by atoms with E-state index in [0.29, 0.717) is 12.8 Å². The van der Waals surface area contributed by atoms with E-state index in [1.54, 1.807) is 0 Å². The standard InChI is InChI=1S/C16H31NO3/c1-8-15(3,4)17(7)16(5,6)11-9-14(19)20-12-10-13(2)18/h18H,2,8-12H2,1,3-7H3. The van der Waals surface area contributed by atoms with Crippen molar-refractivity contribution in [3.63, 3.8) is 0 Å². The van der Waals surface area contributed by atoms with Gasteiger partial charge in [0.25, 0.3) is 0 Å². The molecular weight excluding hydrogens is 254 g/mol. The van der Waals surface area contributed by atoms with Crippen LogP contribution in [-0.2, 0) is 9.53 Å². The van der Waals surface area contributed by atoms with Gasteiger partial charge in [0.15, 0.2) is 0 Å². The van der Waals surface area contributed by atoms with Gasteiger partial charge in [-0.2, -0.15) is 0 Å². The summed E-state index contributed by atoms with van der Waals surface area (Å²) in [5, 5.41) is 8.92. The van der Waals surface area contributed by atoms with Gasteiger partial charge in [0.05, 0.1) is 12.4 Å². The van der Waals surface area contributed by atoms with E-state index in [2.05, 4.69) is 53.1 Å². The Balaban J connectivity index is 4.28. The van der Waals surface area contributed by atoms with Crippen LogP contribution in [0.1, 0.15) is 60.3 Å². The third kappa shape index (κ3) is 6.42. The highest BCUT2D eigenvalue weighted by Crippen LogP contribution is 2.29. The maximum Gasteiger partial charge on any atom is 0.305 e. The lowest BCUT2D eigenvalue weighted by Gasteiger charge is -2.46. The van der Waals surface area contributed by atoms with Crippen LogP contribution >= 0.6 is 0 Å². The first-order chi connectivity index (χ1) is 9.03. The predicted molar refractivity (Wildman–Crippen MR) is 82.8 cm³/mol.